The van der Waals surface area contributed by atoms with Gasteiger partial charge in [-0.3, -0.25) is 9.59 Å². The molecule has 0 aromatic heterocycles. The number of allylic oxidation sites excluding steroid dienone is 4. The summed E-state index contributed by atoms with van der Waals surface area (Å²) in [5, 5.41) is 0. The molecule has 0 unspecified atom stereocenters. The van der Waals surface area contributed by atoms with Gasteiger partial charge in [0.2, 0.25) is 0 Å². The Bertz CT molecular complexity index is 534. The second kappa shape index (κ2) is 9.87. The average Bonchev–Trinajstić information content (AvgIpc) is 2.49. The molecule has 0 N–H and O–H groups in total. The number of ketones is 1. The van der Waals surface area contributed by atoms with Gasteiger partial charge in [-0.2, -0.15) is 0 Å². The Morgan fingerprint density at radius 2 is 1.67 bits per heavy atom. The first-order valence-corrected chi connectivity index (χ1v) is 7.42. The first-order chi connectivity index (χ1) is 9.97. The van der Waals surface area contributed by atoms with Gasteiger partial charge in [-0.05, 0) is 36.5 Å². The Morgan fingerprint density at radius 1 is 1.10 bits per heavy atom. The molecule has 0 atom stereocenters. The van der Waals surface area contributed by atoms with E-state index in [-0.39, 0.29) is 5.78 Å². The molecule has 114 valence electrons. The Kier molecular flexibility index (Phi) is 8.95. The Balaban J connectivity index is 0.00000191. The quantitative estimate of drug-likeness (QED) is 0.428. The van der Waals surface area contributed by atoms with Crippen molar-refractivity contribution >= 4 is 17.6 Å². The maximum absolute atomic E-state index is 11.6. The highest BCUT2D eigenvalue weighted by molar-refractivity contribution is 6.04. The predicted octanol–water partition coefficient (Wildman–Crippen LogP) is 5.10. The first kappa shape index (κ1) is 19.0. The maximum Gasteiger partial charge on any atom is 0.156 e. The van der Waals surface area contributed by atoms with Crippen molar-refractivity contribution in [2.75, 3.05) is 0 Å². The fourth-order valence-corrected chi connectivity index (χ4v) is 1.74. The summed E-state index contributed by atoms with van der Waals surface area (Å²) in [6.07, 6.45) is 4.79. The van der Waals surface area contributed by atoms with Crippen LogP contribution in [0.2, 0.25) is 0 Å². The van der Waals surface area contributed by atoms with Crippen molar-refractivity contribution in [2.45, 2.75) is 41.5 Å². The van der Waals surface area contributed by atoms with Crippen LogP contribution in [-0.4, -0.2) is 12.1 Å². The standard InChI is InChI=1S/C17H20O2.C2H6/c1-12(2)9-10-16(13(3)14(4)19)17-8-6-5-7-15(17)11-18;1-2/h5-12H,1-4H3;1-2H3/b10-9-,16-13+;. The molecular weight excluding hydrogens is 260 g/mol. The zero-order valence-electron chi connectivity index (χ0n) is 13.9. The predicted molar refractivity (Wildman–Crippen MR) is 90.4 cm³/mol. The highest BCUT2D eigenvalue weighted by Gasteiger charge is 2.10. The number of carbonyl (C=O) groups is 2. The van der Waals surface area contributed by atoms with Crippen molar-refractivity contribution in [2.24, 2.45) is 5.92 Å². The molecule has 2 heteroatoms. The number of benzene rings is 1. The second-order valence-electron chi connectivity index (χ2n) is 4.90. The van der Waals surface area contributed by atoms with Crippen molar-refractivity contribution in [1.82, 2.24) is 0 Å². The molecule has 0 heterocycles. The van der Waals surface area contributed by atoms with Crippen molar-refractivity contribution in [1.29, 1.82) is 0 Å². The van der Waals surface area contributed by atoms with Crippen LogP contribution < -0.4 is 0 Å². The monoisotopic (exact) mass is 286 g/mol. The lowest BCUT2D eigenvalue weighted by Crippen LogP contribution is -1.99. The molecule has 0 fully saturated rings. The van der Waals surface area contributed by atoms with E-state index in [1.54, 1.807) is 19.9 Å². The van der Waals surface area contributed by atoms with E-state index in [9.17, 15) is 9.59 Å². The van der Waals surface area contributed by atoms with E-state index in [0.29, 0.717) is 17.1 Å². The zero-order valence-corrected chi connectivity index (χ0v) is 13.9. The molecule has 0 aliphatic rings. The van der Waals surface area contributed by atoms with E-state index in [2.05, 4.69) is 13.8 Å². The molecule has 0 spiro atoms. The molecule has 1 aromatic rings. The van der Waals surface area contributed by atoms with Crippen LogP contribution >= 0.6 is 0 Å². The van der Waals surface area contributed by atoms with Gasteiger partial charge in [0.15, 0.2) is 12.1 Å². The molecule has 0 aliphatic heterocycles. The summed E-state index contributed by atoms with van der Waals surface area (Å²) in [7, 11) is 0. The molecule has 1 rings (SSSR count). The number of carbonyl (C=O) groups excluding carboxylic acids is 2. The minimum Gasteiger partial charge on any atom is -0.298 e. The molecule has 0 saturated heterocycles. The summed E-state index contributed by atoms with van der Waals surface area (Å²) in [6.45, 7) is 11.5. The normalized spacial score (nSPS) is 11.8. The van der Waals surface area contributed by atoms with E-state index < -0.39 is 0 Å². The van der Waals surface area contributed by atoms with Crippen LogP contribution in [0.3, 0.4) is 0 Å². The Morgan fingerprint density at radius 3 is 2.14 bits per heavy atom. The van der Waals surface area contributed by atoms with Crippen LogP contribution in [0.15, 0.2) is 42.0 Å². The summed E-state index contributed by atoms with van der Waals surface area (Å²) in [6, 6.07) is 7.33. The topological polar surface area (TPSA) is 34.1 Å². The van der Waals surface area contributed by atoms with Gasteiger partial charge in [0.1, 0.15) is 0 Å². The molecule has 0 saturated carbocycles. The molecule has 0 bridgehead atoms. The van der Waals surface area contributed by atoms with Crippen LogP contribution in [-0.2, 0) is 4.79 Å². The lowest BCUT2D eigenvalue weighted by Gasteiger charge is -2.10. The summed E-state index contributed by atoms with van der Waals surface area (Å²) in [5.74, 6) is 0.405. The third-order valence-corrected chi connectivity index (χ3v) is 2.96. The minimum absolute atomic E-state index is 0.0177. The van der Waals surface area contributed by atoms with E-state index in [1.807, 2.05) is 44.2 Å². The van der Waals surface area contributed by atoms with Crippen molar-refractivity contribution in [3.05, 3.63) is 53.1 Å². The largest absolute Gasteiger partial charge is 0.298 e. The molecule has 2 nitrogen and oxygen atoms in total. The van der Waals surface area contributed by atoms with Gasteiger partial charge < -0.3 is 0 Å². The summed E-state index contributed by atoms with van der Waals surface area (Å²) in [5.41, 5.74) is 2.91. The molecule has 1 aromatic carbocycles. The summed E-state index contributed by atoms with van der Waals surface area (Å²) < 4.78 is 0. The smallest absolute Gasteiger partial charge is 0.156 e. The number of hydrogen-bond donors (Lipinski definition) is 0. The van der Waals surface area contributed by atoms with E-state index in [0.717, 1.165) is 17.4 Å². The third-order valence-electron chi connectivity index (χ3n) is 2.96. The molecule has 0 amide bonds. The highest BCUT2D eigenvalue weighted by Crippen LogP contribution is 2.24. The lowest BCUT2D eigenvalue weighted by atomic mass is 9.94. The van der Waals surface area contributed by atoms with Gasteiger partial charge in [0, 0.05) is 5.56 Å². The lowest BCUT2D eigenvalue weighted by molar-refractivity contribution is -0.113. The van der Waals surface area contributed by atoms with Gasteiger partial charge in [0.25, 0.3) is 0 Å². The van der Waals surface area contributed by atoms with Crippen LogP contribution in [0, 0.1) is 5.92 Å². The number of hydrogen-bond acceptors (Lipinski definition) is 2. The van der Waals surface area contributed by atoms with Crippen LogP contribution in [0.4, 0.5) is 0 Å². The minimum atomic E-state index is 0.0177. The van der Waals surface area contributed by atoms with Crippen molar-refractivity contribution in [3.63, 3.8) is 0 Å². The fraction of sp³-hybridized carbons (Fsp3) is 0.368. The molecule has 0 aliphatic carbocycles. The number of aldehydes is 1. The van der Waals surface area contributed by atoms with E-state index >= 15 is 0 Å². The van der Waals surface area contributed by atoms with Gasteiger partial charge >= 0.3 is 0 Å². The molecule has 21 heavy (non-hydrogen) atoms. The SMILES string of the molecule is CC.CC(=O)/C(C)=C(\C=C/C(C)C)c1ccccc1C=O. The average molecular weight is 286 g/mol. The van der Waals surface area contributed by atoms with Gasteiger partial charge in [-0.1, -0.05) is 64.1 Å². The molecule has 0 radical (unpaired) electrons. The van der Waals surface area contributed by atoms with Gasteiger partial charge in [-0.25, -0.2) is 0 Å². The van der Waals surface area contributed by atoms with Gasteiger partial charge in [0.05, 0.1) is 0 Å². The number of rotatable bonds is 5. The summed E-state index contributed by atoms with van der Waals surface area (Å²) >= 11 is 0. The van der Waals surface area contributed by atoms with Crippen molar-refractivity contribution in [3.8, 4) is 0 Å². The van der Waals surface area contributed by atoms with Crippen LogP contribution in [0.1, 0.15) is 57.5 Å². The van der Waals surface area contributed by atoms with Gasteiger partial charge in [-0.15, -0.1) is 0 Å². The van der Waals surface area contributed by atoms with Crippen LogP contribution in [0.25, 0.3) is 5.57 Å². The third kappa shape index (κ3) is 5.90. The Hall–Kier alpha value is -1.96. The number of Topliss-reactive ketones (excluding diaryl/α,β-unsaturated/α-hetero) is 1. The van der Waals surface area contributed by atoms with Crippen molar-refractivity contribution < 1.29 is 9.59 Å². The highest BCUT2D eigenvalue weighted by atomic mass is 16.1. The van der Waals surface area contributed by atoms with E-state index in [4.69, 9.17) is 0 Å². The molecular formula is C19H26O2. The fourth-order valence-electron chi connectivity index (χ4n) is 1.74. The first-order valence-electron chi connectivity index (χ1n) is 7.42. The summed E-state index contributed by atoms with van der Waals surface area (Å²) in [4.78, 5) is 22.8. The maximum atomic E-state index is 11.6. The van der Waals surface area contributed by atoms with Crippen LogP contribution in [0.5, 0.6) is 0 Å². The Labute approximate surface area is 128 Å². The van der Waals surface area contributed by atoms with E-state index in [1.165, 1.54) is 0 Å². The second-order valence-corrected chi connectivity index (χ2v) is 4.90. The zero-order chi connectivity index (χ0) is 16.4.